The van der Waals surface area contributed by atoms with E-state index in [0.717, 1.165) is 43.4 Å². The second-order valence-corrected chi connectivity index (χ2v) is 8.71. The predicted octanol–water partition coefficient (Wildman–Crippen LogP) is 8.72. The highest BCUT2D eigenvalue weighted by Gasteiger charge is 2.41. The van der Waals surface area contributed by atoms with E-state index >= 15 is 0 Å². The molecule has 0 spiro atoms. The average molecular weight is 484 g/mol. The zero-order valence-corrected chi connectivity index (χ0v) is 18.2. The Morgan fingerprint density at radius 3 is 1.79 bits per heavy atom. The number of rotatable bonds is 5. The molecule has 1 nitrogen and oxygen atoms in total. The molecule has 0 heterocycles. The maximum atomic E-state index is 14.6. The zero-order chi connectivity index (χ0) is 24.6. The minimum atomic E-state index is -4.62. The van der Waals surface area contributed by atoms with Gasteiger partial charge in [-0.05, 0) is 53.5 Å². The van der Waals surface area contributed by atoms with Crippen LogP contribution in [0.15, 0.2) is 48.5 Å². The van der Waals surface area contributed by atoms with Crippen LogP contribution < -0.4 is 4.74 Å². The zero-order valence-electron chi connectivity index (χ0n) is 18.2. The Hall–Kier alpha value is -3.03. The Balaban J connectivity index is 0.00000342. The summed E-state index contributed by atoms with van der Waals surface area (Å²) < 4.78 is 102. The van der Waals surface area contributed by atoms with Crippen molar-refractivity contribution >= 4 is 0 Å². The minimum absolute atomic E-state index is 0. The molecule has 0 radical (unpaired) electrons. The molecule has 3 aromatic rings. The number of benzene rings is 3. The molecule has 0 unspecified atom stereocenters. The lowest BCUT2D eigenvalue weighted by molar-refractivity contribution is -0.189. The number of hydrogen-bond donors (Lipinski definition) is 0. The fourth-order valence-electron chi connectivity index (χ4n) is 4.35. The van der Waals surface area contributed by atoms with Crippen LogP contribution in [-0.2, 0) is 6.11 Å². The highest BCUT2D eigenvalue weighted by atomic mass is 19.3. The van der Waals surface area contributed by atoms with Crippen LogP contribution in [0.2, 0.25) is 0 Å². The topological polar surface area (TPSA) is 9.23 Å². The van der Waals surface area contributed by atoms with Crippen LogP contribution in [0, 0.1) is 35.0 Å². The van der Waals surface area contributed by atoms with Crippen LogP contribution in [0.4, 0.5) is 30.7 Å². The third-order valence-electron chi connectivity index (χ3n) is 6.27. The van der Waals surface area contributed by atoms with Crippen LogP contribution in [0.1, 0.15) is 51.1 Å². The van der Waals surface area contributed by atoms with Crippen LogP contribution >= 0.6 is 0 Å². The molecular weight excluding hydrogens is 461 g/mol. The monoisotopic (exact) mass is 484 g/mol. The maximum Gasteiger partial charge on any atom is 0.432 e. The van der Waals surface area contributed by atoms with Gasteiger partial charge in [-0.2, -0.15) is 8.78 Å². The lowest BCUT2D eigenvalue weighted by atomic mass is 9.79. The molecular formula is C26H23F7O. The van der Waals surface area contributed by atoms with E-state index in [1.807, 2.05) is 12.1 Å². The van der Waals surface area contributed by atoms with E-state index in [4.69, 9.17) is 0 Å². The molecule has 3 aromatic carbocycles. The van der Waals surface area contributed by atoms with E-state index in [2.05, 4.69) is 11.7 Å². The summed E-state index contributed by atoms with van der Waals surface area (Å²) in [6.45, 7) is 2.22. The first kappa shape index (κ1) is 24.1. The van der Waals surface area contributed by atoms with Crippen molar-refractivity contribution in [1.29, 1.82) is 0 Å². The molecule has 1 aliphatic rings. The van der Waals surface area contributed by atoms with Crippen molar-refractivity contribution in [2.75, 3.05) is 0 Å². The quantitative estimate of drug-likeness (QED) is 0.260. The van der Waals surface area contributed by atoms with E-state index < -0.39 is 46.5 Å². The number of alkyl halides is 2. The molecule has 0 bridgehead atoms. The van der Waals surface area contributed by atoms with Gasteiger partial charge >= 0.3 is 6.11 Å². The summed E-state index contributed by atoms with van der Waals surface area (Å²) in [6, 6.07) is 8.89. The summed E-state index contributed by atoms with van der Waals surface area (Å²) in [6.07, 6.45) is -0.216. The number of hydrogen-bond acceptors (Lipinski definition) is 1. The van der Waals surface area contributed by atoms with Gasteiger partial charge in [-0.15, -0.1) is 0 Å². The lowest BCUT2D eigenvalue weighted by Crippen LogP contribution is -2.25. The van der Waals surface area contributed by atoms with Gasteiger partial charge < -0.3 is 4.74 Å². The van der Waals surface area contributed by atoms with Crippen LogP contribution in [-0.4, -0.2) is 0 Å². The molecule has 1 fully saturated rings. The van der Waals surface area contributed by atoms with E-state index in [1.165, 1.54) is 0 Å². The molecule has 0 saturated heterocycles. The molecule has 0 atom stereocenters. The fourth-order valence-corrected chi connectivity index (χ4v) is 4.35. The van der Waals surface area contributed by atoms with Crippen molar-refractivity contribution in [3.05, 3.63) is 88.7 Å². The lowest BCUT2D eigenvalue weighted by Gasteiger charge is -2.26. The molecule has 0 aliphatic heterocycles. The summed E-state index contributed by atoms with van der Waals surface area (Å²) in [4.78, 5) is 0. The first-order valence-corrected chi connectivity index (χ1v) is 10.9. The fraction of sp³-hybridized carbons (Fsp3) is 0.308. The molecule has 1 saturated carbocycles. The van der Waals surface area contributed by atoms with Crippen molar-refractivity contribution in [1.82, 2.24) is 0 Å². The molecule has 0 N–H and O–H groups in total. The van der Waals surface area contributed by atoms with Crippen LogP contribution in [0.5, 0.6) is 5.75 Å². The molecule has 8 heteroatoms. The Bertz CT molecular complexity index is 1140. The van der Waals surface area contributed by atoms with Crippen molar-refractivity contribution in [2.45, 2.75) is 44.6 Å². The van der Waals surface area contributed by atoms with Gasteiger partial charge in [-0.1, -0.05) is 44.0 Å². The van der Waals surface area contributed by atoms with Gasteiger partial charge in [0, 0.05) is 13.6 Å². The molecule has 4 rings (SSSR count). The second kappa shape index (κ2) is 9.31. The van der Waals surface area contributed by atoms with Crippen molar-refractivity contribution in [2.24, 2.45) is 5.92 Å². The Morgan fingerprint density at radius 2 is 1.26 bits per heavy atom. The molecule has 182 valence electrons. The second-order valence-electron chi connectivity index (χ2n) is 8.71. The highest BCUT2D eigenvalue weighted by molar-refractivity contribution is 5.64. The van der Waals surface area contributed by atoms with Gasteiger partial charge in [0.15, 0.2) is 17.5 Å². The van der Waals surface area contributed by atoms with E-state index in [1.54, 1.807) is 12.1 Å². The van der Waals surface area contributed by atoms with Crippen molar-refractivity contribution in [3.8, 4) is 16.9 Å². The maximum absolute atomic E-state index is 14.6. The minimum Gasteiger partial charge on any atom is -0.429 e. The van der Waals surface area contributed by atoms with Crippen LogP contribution in [0.25, 0.3) is 11.1 Å². The molecule has 34 heavy (non-hydrogen) atoms. The summed E-state index contributed by atoms with van der Waals surface area (Å²) in [5, 5.41) is 0. The van der Waals surface area contributed by atoms with Crippen molar-refractivity contribution in [3.63, 3.8) is 0 Å². The summed E-state index contributed by atoms with van der Waals surface area (Å²) in [7, 11) is 0. The summed E-state index contributed by atoms with van der Waals surface area (Å²) >= 11 is 0. The number of ether oxygens (including phenoxy) is 1. The van der Waals surface area contributed by atoms with Gasteiger partial charge in [0.05, 0.1) is 0 Å². The smallest absolute Gasteiger partial charge is 0.429 e. The SMILES string of the molecule is CC1CCC(c2ccc(-c3cc(F)c(C(F)(F)Oc4cc(F)c(F)c(F)c4)c(F)c3)cc2)CC1.[HH]. The van der Waals surface area contributed by atoms with Gasteiger partial charge in [0.25, 0.3) is 0 Å². The first-order valence-electron chi connectivity index (χ1n) is 10.9. The predicted molar refractivity (Wildman–Crippen MR) is 115 cm³/mol. The van der Waals surface area contributed by atoms with Gasteiger partial charge in [-0.25, -0.2) is 22.0 Å². The van der Waals surface area contributed by atoms with Gasteiger partial charge in [0.1, 0.15) is 22.9 Å². The number of halogens is 7. The largest absolute Gasteiger partial charge is 0.432 e. The Labute approximate surface area is 193 Å². The average Bonchev–Trinajstić information content (AvgIpc) is 2.77. The highest BCUT2D eigenvalue weighted by Crippen LogP contribution is 2.39. The third-order valence-corrected chi connectivity index (χ3v) is 6.27. The summed E-state index contributed by atoms with van der Waals surface area (Å²) in [5.74, 6) is -8.68. The standard InChI is InChI=1S/C26H21F7O.H2/c1-14-2-4-15(5-3-14)16-6-8-17(9-7-16)18-10-20(27)24(21(28)11-18)26(32,33)34-19-12-22(29)25(31)23(30)13-19;/h6-15H,2-5H2,1H3;1H. The Morgan fingerprint density at radius 1 is 0.735 bits per heavy atom. The van der Waals surface area contributed by atoms with E-state index in [0.29, 0.717) is 17.4 Å². The van der Waals surface area contributed by atoms with Gasteiger partial charge in [0.2, 0.25) is 0 Å². The Kier molecular flexibility index (Phi) is 6.60. The van der Waals surface area contributed by atoms with Gasteiger partial charge in [-0.3, -0.25) is 0 Å². The summed E-state index contributed by atoms with van der Waals surface area (Å²) in [5.41, 5.74) is -0.136. The molecule has 1 aliphatic carbocycles. The van der Waals surface area contributed by atoms with Crippen molar-refractivity contribution < 1.29 is 36.9 Å². The molecule has 0 aromatic heterocycles. The first-order chi connectivity index (χ1) is 16.0. The van der Waals surface area contributed by atoms with E-state index in [9.17, 15) is 30.7 Å². The normalized spacial score (nSPS) is 18.7. The molecule has 0 amide bonds. The van der Waals surface area contributed by atoms with E-state index in [-0.39, 0.29) is 19.1 Å². The van der Waals surface area contributed by atoms with Crippen LogP contribution in [0.3, 0.4) is 0 Å². The third kappa shape index (κ3) is 4.91.